The van der Waals surface area contributed by atoms with E-state index in [-0.39, 0.29) is 0 Å². The van der Waals surface area contributed by atoms with Gasteiger partial charge >= 0.3 is 0 Å². The second-order valence-corrected chi connectivity index (χ2v) is 6.10. The molecule has 0 bridgehead atoms. The van der Waals surface area contributed by atoms with Crippen molar-refractivity contribution in [2.24, 2.45) is 0 Å². The molecule has 1 aliphatic carbocycles. The zero-order valence-corrected chi connectivity index (χ0v) is 11.6. The standard InChI is InChI=1S/C14H24N2S/c1-16(10-8-14-7-4-12-17-14)11-9-15-13-5-2-3-6-13/h4,7,12-13,15H,2-3,5-6,8-11H2,1H3. The van der Waals surface area contributed by atoms with Crippen LogP contribution in [0, 0.1) is 0 Å². The van der Waals surface area contributed by atoms with Gasteiger partial charge in [-0.3, -0.25) is 0 Å². The monoisotopic (exact) mass is 252 g/mol. The fraction of sp³-hybridized carbons (Fsp3) is 0.714. The van der Waals surface area contributed by atoms with Crippen LogP contribution in [0.25, 0.3) is 0 Å². The van der Waals surface area contributed by atoms with Crippen molar-refractivity contribution in [2.75, 3.05) is 26.7 Å². The van der Waals surface area contributed by atoms with E-state index >= 15 is 0 Å². The predicted octanol–water partition coefficient (Wildman–Crippen LogP) is 2.75. The van der Waals surface area contributed by atoms with Crippen LogP contribution in [0.15, 0.2) is 17.5 Å². The van der Waals surface area contributed by atoms with E-state index in [9.17, 15) is 0 Å². The topological polar surface area (TPSA) is 15.3 Å². The van der Waals surface area contributed by atoms with Crippen LogP contribution in [-0.4, -0.2) is 37.6 Å². The first-order chi connectivity index (χ1) is 8.34. The van der Waals surface area contributed by atoms with Gasteiger partial charge in [0, 0.05) is 30.6 Å². The molecular weight excluding hydrogens is 228 g/mol. The normalized spacial score (nSPS) is 17.1. The van der Waals surface area contributed by atoms with E-state index in [0.717, 1.165) is 12.6 Å². The zero-order chi connectivity index (χ0) is 11.9. The molecule has 0 spiro atoms. The molecule has 1 N–H and O–H groups in total. The molecular formula is C14H24N2S. The quantitative estimate of drug-likeness (QED) is 0.803. The van der Waals surface area contributed by atoms with Crippen molar-refractivity contribution in [3.05, 3.63) is 22.4 Å². The van der Waals surface area contributed by atoms with Gasteiger partial charge in [0.15, 0.2) is 0 Å². The number of likely N-dealkylation sites (N-methyl/N-ethyl adjacent to an activating group) is 1. The summed E-state index contributed by atoms with van der Waals surface area (Å²) in [6, 6.07) is 5.18. The smallest absolute Gasteiger partial charge is 0.0104 e. The Kier molecular flexibility index (Phi) is 5.49. The minimum absolute atomic E-state index is 0.806. The maximum atomic E-state index is 3.67. The molecule has 96 valence electrons. The SMILES string of the molecule is CN(CCNC1CCCC1)CCc1cccs1. The number of hydrogen-bond acceptors (Lipinski definition) is 3. The Labute approximate surface area is 109 Å². The maximum absolute atomic E-state index is 3.67. The Morgan fingerprint density at radius 3 is 2.88 bits per heavy atom. The molecule has 0 aliphatic heterocycles. The van der Waals surface area contributed by atoms with Crippen molar-refractivity contribution in [3.8, 4) is 0 Å². The molecule has 0 unspecified atom stereocenters. The van der Waals surface area contributed by atoms with Crippen molar-refractivity contribution in [1.29, 1.82) is 0 Å². The molecule has 2 rings (SSSR count). The van der Waals surface area contributed by atoms with Crippen LogP contribution in [0.3, 0.4) is 0 Å². The highest BCUT2D eigenvalue weighted by molar-refractivity contribution is 7.09. The molecule has 0 radical (unpaired) electrons. The average Bonchev–Trinajstić information content (AvgIpc) is 2.99. The second-order valence-electron chi connectivity index (χ2n) is 5.07. The number of nitrogens with one attached hydrogen (secondary N) is 1. The van der Waals surface area contributed by atoms with Crippen molar-refractivity contribution in [1.82, 2.24) is 10.2 Å². The Bertz CT molecular complexity index is 291. The Balaban J connectivity index is 1.52. The fourth-order valence-corrected chi connectivity index (χ4v) is 3.16. The molecule has 0 aromatic carbocycles. The fourth-order valence-electron chi connectivity index (χ4n) is 2.46. The minimum Gasteiger partial charge on any atom is -0.313 e. The van der Waals surface area contributed by atoms with Crippen molar-refractivity contribution < 1.29 is 0 Å². The highest BCUT2D eigenvalue weighted by Gasteiger charge is 2.13. The molecule has 1 aromatic heterocycles. The largest absolute Gasteiger partial charge is 0.313 e. The lowest BCUT2D eigenvalue weighted by Gasteiger charge is -2.18. The summed E-state index contributed by atoms with van der Waals surface area (Å²) in [6.45, 7) is 3.49. The third-order valence-electron chi connectivity index (χ3n) is 3.60. The highest BCUT2D eigenvalue weighted by atomic mass is 32.1. The number of nitrogens with zero attached hydrogens (tertiary/aromatic N) is 1. The van der Waals surface area contributed by atoms with Crippen molar-refractivity contribution in [3.63, 3.8) is 0 Å². The van der Waals surface area contributed by atoms with Crippen LogP contribution in [0.5, 0.6) is 0 Å². The molecule has 2 nitrogen and oxygen atoms in total. The molecule has 1 aromatic rings. The van der Waals surface area contributed by atoms with Gasteiger partial charge in [0.2, 0.25) is 0 Å². The molecule has 0 saturated heterocycles. The third kappa shape index (κ3) is 4.78. The molecule has 3 heteroatoms. The first-order valence-electron chi connectivity index (χ1n) is 6.79. The van der Waals surface area contributed by atoms with Crippen molar-refractivity contribution in [2.45, 2.75) is 38.1 Å². The lowest BCUT2D eigenvalue weighted by molar-refractivity contribution is 0.328. The summed E-state index contributed by atoms with van der Waals surface area (Å²) >= 11 is 1.87. The van der Waals surface area contributed by atoms with Gasteiger partial charge in [-0.05, 0) is 37.8 Å². The first-order valence-corrected chi connectivity index (χ1v) is 7.67. The summed E-state index contributed by atoms with van der Waals surface area (Å²) in [7, 11) is 2.23. The minimum atomic E-state index is 0.806. The van der Waals surface area contributed by atoms with E-state index in [4.69, 9.17) is 0 Å². The summed E-state index contributed by atoms with van der Waals surface area (Å²) in [4.78, 5) is 3.93. The zero-order valence-electron chi connectivity index (χ0n) is 10.8. The first kappa shape index (κ1) is 13.1. The second kappa shape index (κ2) is 7.14. The predicted molar refractivity (Wildman–Crippen MR) is 75.8 cm³/mol. The Morgan fingerprint density at radius 2 is 2.18 bits per heavy atom. The average molecular weight is 252 g/mol. The van der Waals surface area contributed by atoms with Gasteiger partial charge in [0.25, 0.3) is 0 Å². The molecule has 1 saturated carbocycles. The molecule has 17 heavy (non-hydrogen) atoms. The molecule has 1 fully saturated rings. The highest BCUT2D eigenvalue weighted by Crippen LogP contribution is 2.17. The maximum Gasteiger partial charge on any atom is 0.0104 e. The summed E-state index contributed by atoms with van der Waals surface area (Å²) in [5.74, 6) is 0. The van der Waals surface area contributed by atoms with Gasteiger partial charge < -0.3 is 10.2 Å². The van der Waals surface area contributed by atoms with Crippen molar-refractivity contribution >= 4 is 11.3 Å². The van der Waals surface area contributed by atoms with Gasteiger partial charge in [-0.2, -0.15) is 0 Å². The molecule has 0 amide bonds. The van der Waals surface area contributed by atoms with Crippen LogP contribution >= 0.6 is 11.3 Å². The van der Waals surface area contributed by atoms with Crippen LogP contribution in [-0.2, 0) is 6.42 Å². The Hall–Kier alpha value is -0.380. The Morgan fingerprint density at radius 1 is 1.35 bits per heavy atom. The number of rotatable bonds is 7. The summed E-state index contributed by atoms with van der Waals surface area (Å²) in [6.07, 6.45) is 6.81. The molecule has 1 aliphatic rings. The van der Waals surface area contributed by atoms with Gasteiger partial charge in [-0.15, -0.1) is 11.3 Å². The van der Waals surface area contributed by atoms with E-state index in [1.54, 1.807) is 0 Å². The van der Waals surface area contributed by atoms with E-state index in [1.165, 1.54) is 50.1 Å². The van der Waals surface area contributed by atoms with E-state index in [0.29, 0.717) is 0 Å². The number of thiophene rings is 1. The summed E-state index contributed by atoms with van der Waals surface area (Å²) in [5, 5.41) is 5.83. The lowest BCUT2D eigenvalue weighted by atomic mass is 10.2. The van der Waals surface area contributed by atoms with Crippen LogP contribution < -0.4 is 5.32 Å². The van der Waals surface area contributed by atoms with Crippen LogP contribution in [0.2, 0.25) is 0 Å². The van der Waals surface area contributed by atoms with Crippen LogP contribution in [0.1, 0.15) is 30.6 Å². The molecule has 0 atom stereocenters. The van der Waals surface area contributed by atoms with Crippen LogP contribution in [0.4, 0.5) is 0 Å². The number of hydrogen-bond donors (Lipinski definition) is 1. The van der Waals surface area contributed by atoms with E-state index in [1.807, 2.05) is 11.3 Å². The van der Waals surface area contributed by atoms with E-state index < -0.39 is 0 Å². The van der Waals surface area contributed by atoms with Gasteiger partial charge in [0.1, 0.15) is 0 Å². The third-order valence-corrected chi connectivity index (χ3v) is 4.54. The molecule has 1 heterocycles. The van der Waals surface area contributed by atoms with Gasteiger partial charge in [-0.1, -0.05) is 18.9 Å². The summed E-state index contributed by atoms with van der Waals surface area (Å²) in [5.41, 5.74) is 0. The van der Waals surface area contributed by atoms with Gasteiger partial charge in [0.05, 0.1) is 0 Å². The van der Waals surface area contributed by atoms with E-state index in [2.05, 4.69) is 34.8 Å². The van der Waals surface area contributed by atoms with Gasteiger partial charge in [-0.25, -0.2) is 0 Å². The summed E-state index contributed by atoms with van der Waals surface area (Å²) < 4.78 is 0. The lowest BCUT2D eigenvalue weighted by Crippen LogP contribution is -2.35.